The van der Waals surface area contributed by atoms with Crippen molar-refractivity contribution >= 4 is 132 Å². The highest BCUT2D eigenvalue weighted by atomic mass is 32.1. The first kappa shape index (κ1) is 66.4. The molecule has 2 atom stereocenters. The van der Waals surface area contributed by atoms with Crippen molar-refractivity contribution in [2.75, 3.05) is 0 Å². The summed E-state index contributed by atoms with van der Waals surface area (Å²) in [6.07, 6.45) is 8.26. The van der Waals surface area contributed by atoms with Crippen LogP contribution in [0.25, 0.3) is 93.1 Å². The van der Waals surface area contributed by atoms with Crippen molar-refractivity contribution < 1.29 is 35.1 Å². The summed E-state index contributed by atoms with van der Waals surface area (Å²) in [6.45, 7) is 16.7. The summed E-state index contributed by atoms with van der Waals surface area (Å²) in [5, 5.41) is 2.62. The van der Waals surface area contributed by atoms with Gasteiger partial charge in [0.2, 0.25) is 0 Å². The molecule has 0 saturated carbocycles. The molecule has 1 aliphatic rings. The molecule has 0 bridgehead atoms. The Bertz CT molecular complexity index is 4090. The van der Waals surface area contributed by atoms with Crippen molar-refractivity contribution in [3.05, 3.63) is 92.2 Å². The Morgan fingerprint density at radius 2 is 0.843 bits per heavy atom. The molecule has 10 aromatic rings. The van der Waals surface area contributed by atoms with Crippen molar-refractivity contribution in [3.63, 3.8) is 0 Å². The molecular formula is C68H74F8N4S8Si. The first-order valence-corrected chi connectivity index (χ1v) is 40.3. The minimum Gasteiger partial charge on any atom is -0.206 e. The van der Waals surface area contributed by atoms with Gasteiger partial charge in [0.1, 0.15) is 51.5 Å². The highest BCUT2D eigenvalue weighted by Gasteiger charge is 2.51. The lowest BCUT2D eigenvalue weighted by Gasteiger charge is -2.35. The van der Waals surface area contributed by atoms with Crippen LogP contribution in [-0.2, 0) is 25.2 Å². The van der Waals surface area contributed by atoms with Crippen molar-refractivity contribution in [3.8, 4) is 71.0 Å². The standard InChI is InChI=1S/C68H74F8N4S8Si/c1-9-15-19-21-25-41-29-48(82-62(41)52-30-42(26-22-20-16-10-2)66(86-52)68(74,75)76)44-32-46(70)56(60-58(44)78-88-80-60)50-34-54-64(84-50)63-53(89(54,35-39(13-5)23-17-11-3)36-40(14-6)24-18-12-4)33-49(83-63)55-45(69)31-43(57-59(55)79-87-77-57)47-27-37(7)61(81-47)51-28-38(8)65(85-51)67(71,72)73/h27-34,39-40H,9-26,35-36H2,1-8H3. The lowest BCUT2D eigenvalue weighted by molar-refractivity contribution is -0.135. The fraction of sp³-hybridized carbons (Fsp3) is 0.471. The summed E-state index contributed by atoms with van der Waals surface area (Å²) < 4.78 is 141. The average Bonchev–Trinajstić information content (AvgIpc) is 1.54. The predicted octanol–water partition coefficient (Wildman–Crippen LogP) is 25.2. The van der Waals surface area contributed by atoms with E-state index in [9.17, 15) is 26.3 Å². The number of alkyl halides is 6. The second kappa shape index (κ2) is 27.9. The summed E-state index contributed by atoms with van der Waals surface area (Å²) in [6, 6.07) is 17.0. The number of nitrogens with zero attached hydrogens (tertiary/aromatic N) is 4. The number of aryl methyl sites for hydroxylation is 4. The van der Waals surface area contributed by atoms with E-state index in [4.69, 9.17) is 17.5 Å². The average molecular weight is 1380 g/mol. The fourth-order valence-electron chi connectivity index (χ4n) is 13.4. The molecule has 11 rings (SSSR count). The van der Waals surface area contributed by atoms with Crippen molar-refractivity contribution in [1.82, 2.24) is 17.5 Å². The molecule has 9 heterocycles. The van der Waals surface area contributed by atoms with Crippen LogP contribution in [0.15, 0.2) is 48.5 Å². The maximum absolute atomic E-state index is 17.9. The second-order valence-corrected chi connectivity index (χ2v) is 35.7. The zero-order valence-electron chi connectivity index (χ0n) is 51.5. The van der Waals surface area contributed by atoms with E-state index in [-0.39, 0.29) is 5.56 Å². The third kappa shape index (κ3) is 13.3. The van der Waals surface area contributed by atoms with Crippen LogP contribution in [0, 0.1) is 37.3 Å². The molecule has 0 N–H and O–H groups in total. The van der Waals surface area contributed by atoms with Crippen LogP contribution in [0.5, 0.6) is 0 Å². The topological polar surface area (TPSA) is 51.6 Å². The van der Waals surface area contributed by atoms with Crippen LogP contribution in [-0.4, -0.2) is 25.6 Å². The minimum atomic E-state index is -4.47. The monoisotopic (exact) mass is 1380 g/mol. The molecule has 2 aromatic carbocycles. The summed E-state index contributed by atoms with van der Waals surface area (Å²) in [5.74, 6) is -0.0170. The number of fused-ring (bicyclic) bond motifs is 5. The second-order valence-electron chi connectivity index (χ2n) is 24.3. The Labute approximate surface area is 550 Å². The number of thiophene rings is 6. The molecule has 8 aromatic heterocycles. The van der Waals surface area contributed by atoms with Gasteiger partial charge in [-0.15, -0.1) is 68.0 Å². The van der Waals surface area contributed by atoms with Crippen LogP contribution < -0.4 is 10.4 Å². The van der Waals surface area contributed by atoms with E-state index in [0.717, 1.165) is 195 Å². The van der Waals surface area contributed by atoms with Gasteiger partial charge in [-0.25, -0.2) is 8.78 Å². The third-order valence-corrected chi connectivity index (χ3v) is 32.7. The molecule has 0 fully saturated rings. The largest absolute Gasteiger partial charge is 0.425 e. The highest BCUT2D eigenvalue weighted by molar-refractivity contribution is 7.32. The maximum atomic E-state index is 17.9. The molecule has 0 radical (unpaired) electrons. The molecule has 0 aliphatic carbocycles. The molecule has 0 spiro atoms. The predicted molar refractivity (Wildman–Crippen MR) is 370 cm³/mol. The van der Waals surface area contributed by atoms with Crippen LogP contribution >= 0.6 is 91.5 Å². The Hall–Kier alpha value is -4.06. The van der Waals surface area contributed by atoms with Crippen LogP contribution in [0.3, 0.4) is 0 Å². The molecule has 474 valence electrons. The number of unbranched alkanes of at least 4 members (excludes halogenated alkanes) is 8. The summed E-state index contributed by atoms with van der Waals surface area (Å²) in [4.78, 5) is 6.64. The maximum Gasteiger partial charge on any atom is 0.425 e. The number of halogens is 8. The van der Waals surface area contributed by atoms with Crippen molar-refractivity contribution in [1.29, 1.82) is 0 Å². The van der Waals surface area contributed by atoms with Gasteiger partial charge in [-0.2, -0.15) is 43.8 Å². The van der Waals surface area contributed by atoms with Crippen LogP contribution in [0.1, 0.15) is 176 Å². The van der Waals surface area contributed by atoms with E-state index in [1.54, 1.807) is 40.9 Å². The molecular weight excluding hydrogens is 1310 g/mol. The number of benzene rings is 2. The van der Waals surface area contributed by atoms with Gasteiger partial charge in [-0.1, -0.05) is 131 Å². The van der Waals surface area contributed by atoms with Gasteiger partial charge >= 0.3 is 12.4 Å². The van der Waals surface area contributed by atoms with E-state index < -0.39 is 41.8 Å². The summed E-state index contributed by atoms with van der Waals surface area (Å²) in [7, 11) is -2.79. The van der Waals surface area contributed by atoms with Crippen molar-refractivity contribution in [2.24, 2.45) is 11.8 Å². The third-order valence-electron chi connectivity index (χ3n) is 18.1. The lowest BCUT2D eigenvalue weighted by atomic mass is 10.0. The molecule has 21 heteroatoms. The fourth-order valence-corrected chi connectivity index (χ4v) is 29.9. The van der Waals surface area contributed by atoms with Gasteiger partial charge in [-0.3, -0.25) is 0 Å². The number of rotatable bonds is 28. The van der Waals surface area contributed by atoms with Gasteiger partial charge in [0.25, 0.3) is 0 Å². The molecule has 0 amide bonds. The number of aromatic nitrogens is 4. The van der Waals surface area contributed by atoms with E-state index in [1.165, 1.54) is 46.0 Å². The Morgan fingerprint density at radius 3 is 1.33 bits per heavy atom. The first-order valence-electron chi connectivity index (χ1n) is 31.6. The highest BCUT2D eigenvalue weighted by Crippen LogP contribution is 2.54. The Balaban J connectivity index is 1.04. The van der Waals surface area contributed by atoms with Gasteiger partial charge < -0.3 is 0 Å². The molecule has 2 unspecified atom stereocenters. The normalized spacial score (nSPS) is 15.1. The molecule has 89 heavy (non-hydrogen) atoms. The van der Waals surface area contributed by atoms with E-state index in [1.807, 2.05) is 13.0 Å². The Kier molecular flexibility index (Phi) is 20.8. The summed E-state index contributed by atoms with van der Waals surface area (Å²) in [5.41, 5.74) is 6.18. The summed E-state index contributed by atoms with van der Waals surface area (Å²) >= 11 is 9.52. The quantitative estimate of drug-likeness (QED) is 0.0279. The smallest absolute Gasteiger partial charge is 0.206 e. The van der Waals surface area contributed by atoms with E-state index in [2.05, 4.69) is 59.7 Å². The van der Waals surface area contributed by atoms with Gasteiger partial charge in [0.15, 0.2) is 0 Å². The minimum absolute atomic E-state index is 0.169. The molecule has 4 nitrogen and oxygen atoms in total. The van der Waals surface area contributed by atoms with Gasteiger partial charge in [0.05, 0.1) is 34.6 Å². The SMILES string of the molecule is CCCCCCc1cc(-c2cc(F)c(-c3cc4c(s3)-c3sc(-c5c(F)cc(-c6cc(C)c(-c7cc(C)c(C(F)(F)F)s7)s6)c6nsnc56)cc3[Si]4(CC(CC)CCCC)CC(CC)CCCC)c3nsnc23)sc1-c1cc(CCCCCC)c(C(F)(F)F)s1. The zero-order valence-corrected chi connectivity index (χ0v) is 59.0. The van der Waals surface area contributed by atoms with Crippen LogP contribution in [0.4, 0.5) is 35.1 Å². The van der Waals surface area contributed by atoms with E-state index in [0.29, 0.717) is 100 Å². The molecule has 1 aliphatic heterocycles. The lowest BCUT2D eigenvalue weighted by Crippen LogP contribution is -2.56. The molecule has 0 saturated heterocycles. The van der Waals surface area contributed by atoms with Crippen molar-refractivity contribution in [2.45, 2.75) is 195 Å². The Morgan fingerprint density at radius 1 is 0.416 bits per heavy atom. The van der Waals surface area contributed by atoms with Gasteiger partial charge in [0, 0.05) is 59.9 Å². The zero-order chi connectivity index (χ0) is 63.1. The van der Waals surface area contributed by atoms with Gasteiger partial charge in [-0.05, 0) is 145 Å². The van der Waals surface area contributed by atoms with Crippen LogP contribution in [0.2, 0.25) is 12.1 Å². The number of hydrogen-bond donors (Lipinski definition) is 0. The van der Waals surface area contributed by atoms with E-state index >= 15 is 8.78 Å². The number of hydrogen-bond acceptors (Lipinski definition) is 12. The first-order chi connectivity index (χ1) is 42.7.